The number of benzene rings is 2. The van der Waals surface area contributed by atoms with Crippen LogP contribution in [0.25, 0.3) is 22.8 Å². The van der Waals surface area contributed by atoms with Gasteiger partial charge >= 0.3 is 0 Å². The Balaban J connectivity index is 2.01. The minimum atomic E-state index is 0.536. The molecular formula is C17H16N2O2. The molecule has 0 saturated carbocycles. The second kappa shape index (κ2) is 5.40. The molecule has 0 aliphatic heterocycles. The van der Waals surface area contributed by atoms with E-state index in [0.29, 0.717) is 11.7 Å². The normalized spacial score (nSPS) is 10.6. The minimum absolute atomic E-state index is 0.536. The van der Waals surface area contributed by atoms with Crippen LogP contribution in [-0.2, 0) is 0 Å². The quantitative estimate of drug-likeness (QED) is 0.726. The number of hydrogen-bond acceptors (Lipinski definition) is 4. The first-order valence-electron chi connectivity index (χ1n) is 6.73. The zero-order valence-corrected chi connectivity index (χ0v) is 12.3. The van der Waals surface area contributed by atoms with Crippen molar-refractivity contribution in [3.05, 3.63) is 53.6 Å². The van der Waals surface area contributed by atoms with Gasteiger partial charge in [-0.3, -0.25) is 0 Å². The predicted molar refractivity (Wildman–Crippen MR) is 81.2 cm³/mol. The maximum Gasteiger partial charge on any atom is 0.258 e. The highest BCUT2D eigenvalue weighted by molar-refractivity contribution is 5.63. The standard InChI is InChI=1S/C17H16N2O2/c1-11-7-8-12(2)15(9-11)17-18-16(19-21-17)13-5-4-6-14(10-13)20-3/h4-10H,1-3H3. The summed E-state index contributed by atoms with van der Waals surface area (Å²) in [4.78, 5) is 4.49. The molecule has 21 heavy (non-hydrogen) atoms. The molecule has 0 fully saturated rings. The van der Waals surface area contributed by atoms with Crippen molar-refractivity contribution in [1.82, 2.24) is 10.1 Å². The molecule has 4 nitrogen and oxygen atoms in total. The van der Waals surface area contributed by atoms with E-state index in [9.17, 15) is 0 Å². The predicted octanol–water partition coefficient (Wildman–Crippen LogP) is 4.03. The third kappa shape index (κ3) is 2.65. The molecule has 1 aromatic heterocycles. The Bertz CT molecular complexity index is 778. The Hall–Kier alpha value is -2.62. The van der Waals surface area contributed by atoms with Gasteiger partial charge in [-0.1, -0.05) is 35.0 Å². The number of aryl methyl sites for hydroxylation is 2. The number of nitrogens with zero attached hydrogens (tertiary/aromatic N) is 2. The summed E-state index contributed by atoms with van der Waals surface area (Å²) in [7, 11) is 1.64. The van der Waals surface area contributed by atoms with Crippen molar-refractivity contribution in [2.45, 2.75) is 13.8 Å². The zero-order valence-electron chi connectivity index (χ0n) is 12.3. The maximum absolute atomic E-state index is 5.41. The van der Waals surface area contributed by atoms with E-state index in [0.717, 1.165) is 28.0 Å². The lowest BCUT2D eigenvalue weighted by atomic mass is 10.1. The van der Waals surface area contributed by atoms with Gasteiger partial charge in [0.1, 0.15) is 5.75 Å². The number of hydrogen-bond donors (Lipinski definition) is 0. The van der Waals surface area contributed by atoms with Crippen LogP contribution in [0.4, 0.5) is 0 Å². The second-order valence-corrected chi connectivity index (χ2v) is 4.97. The van der Waals surface area contributed by atoms with Crippen molar-refractivity contribution in [2.24, 2.45) is 0 Å². The van der Waals surface area contributed by atoms with Crippen molar-refractivity contribution in [3.8, 4) is 28.6 Å². The summed E-state index contributed by atoms with van der Waals surface area (Å²) in [6.07, 6.45) is 0. The average Bonchev–Trinajstić information content (AvgIpc) is 2.99. The van der Waals surface area contributed by atoms with Gasteiger partial charge in [0.05, 0.1) is 7.11 Å². The van der Waals surface area contributed by atoms with Gasteiger partial charge in [-0.05, 0) is 37.6 Å². The highest BCUT2D eigenvalue weighted by atomic mass is 16.5. The SMILES string of the molecule is COc1cccc(-c2noc(-c3cc(C)ccc3C)n2)c1. The molecule has 3 aromatic rings. The maximum atomic E-state index is 5.41. The summed E-state index contributed by atoms with van der Waals surface area (Å²) in [5, 5.41) is 4.07. The van der Waals surface area contributed by atoms with Gasteiger partial charge in [-0.25, -0.2) is 0 Å². The molecule has 0 radical (unpaired) electrons. The van der Waals surface area contributed by atoms with Crippen LogP contribution < -0.4 is 4.74 Å². The Kier molecular flexibility index (Phi) is 3.44. The molecule has 1 heterocycles. The summed E-state index contributed by atoms with van der Waals surface area (Å²) < 4.78 is 10.6. The molecular weight excluding hydrogens is 264 g/mol. The van der Waals surface area contributed by atoms with Crippen LogP contribution in [0.3, 0.4) is 0 Å². The van der Waals surface area contributed by atoms with Crippen molar-refractivity contribution < 1.29 is 9.26 Å². The number of aromatic nitrogens is 2. The van der Waals surface area contributed by atoms with Crippen LogP contribution >= 0.6 is 0 Å². The summed E-state index contributed by atoms with van der Waals surface area (Å²) >= 11 is 0. The van der Waals surface area contributed by atoms with Gasteiger partial charge in [-0.2, -0.15) is 4.98 Å². The van der Waals surface area contributed by atoms with E-state index in [1.54, 1.807) is 7.11 Å². The highest BCUT2D eigenvalue weighted by Gasteiger charge is 2.13. The van der Waals surface area contributed by atoms with Crippen LogP contribution in [0.1, 0.15) is 11.1 Å². The Labute approximate surface area is 123 Å². The van der Waals surface area contributed by atoms with Crippen molar-refractivity contribution in [1.29, 1.82) is 0 Å². The Morgan fingerprint density at radius 1 is 1.05 bits per heavy atom. The van der Waals surface area contributed by atoms with Gasteiger partial charge in [0.15, 0.2) is 0 Å². The van der Waals surface area contributed by atoms with E-state index in [1.165, 1.54) is 0 Å². The molecule has 4 heteroatoms. The summed E-state index contributed by atoms with van der Waals surface area (Å²) in [5.41, 5.74) is 4.12. The highest BCUT2D eigenvalue weighted by Crippen LogP contribution is 2.27. The van der Waals surface area contributed by atoms with Crippen LogP contribution in [0.2, 0.25) is 0 Å². The molecule has 0 N–H and O–H groups in total. The molecule has 0 unspecified atom stereocenters. The summed E-state index contributed by atoms with van der Waals surface area (Å²) in [5.74, 6) is 1.87. The Morgan fingerprint density at radius 3 is 2.71 bits per heavy atom. The van der Waals surface area contributed by atoms with Gasteiger partial charge in [0, 0.05) is 11.1 Å². The lowest BCUT2D eigenvalue weighted by Crippen LogP contribution is -1.86. The monoisotopic (exact) mass is 280 g/mol. The van der Waals surface area contributed by atoms with E-state index in [4.69, 9.17) is 9.26 Å². The van der Waals surface area contributed by atoms with E-state index < -0.39 is 0 Å². The molecule has 2 aromatic carbocycles. The van der Waals surface area contributed by atoms with E-state index in [1.807, 2.05) is 38.1 Å². The molecule has 3 rings (SSSR count). The average molecular weight is 280 g/mol. The number of rotatable bonds is 3. The third-order valence-corrected chi connectivity index (χ3v) is 3.38. The number of methoxy groups -OCH3 is 1. The fraction of sp³-hybridized carbons (Fsp3) is 0.176. The van der Waals surface area contributed by atoms with Crippen LogP contribution in [0, 0.1) is 13.8 Å². The second-order valence-electron chi connectivity index (χ2n) is 4.97. The van der Waals surface area contributed by atoms with Crippen molar-refractivity contribution in [3.63, 3.8) is 0 Å². The first-order valence-corrected chi connectivity index (χ1v) is 6.73. The molecule has 0 aliphatic carbocycles. The first-order chi connectivity index (χ1) is 10.2. The fourth-order valence-electron chi connectivity index (χ4n) is 2.18. The lowest BCUT2D eigenvalue weighted by Gasteiger charge is -2.01. The zero-order chi connectivity index (χ0) is 14.8. The van der Waals surface area contributed by atoms with Crippen molar-refractivity contribution in [2.75, 3.05) is 7.11 Å². The summed E-state index contributed by atoms with van der Waals surface area (Å²) in [6, 6.07) is 13.8. The minimum Gasteiger partial charge on any atom is -0.497 e. The molecule has 0 spiro atoms. The van der Waals surface area contributed by atoms with Gasteiger partial charge in [0.25, 0.3) is 5.89 Å². The van der Waals surface area contributed by atoms with Crippen molar-refractivity contribution >= 4 is 0 Å². The first kappa shape index (κ1) is 13.4. The van der Waals surface area contributed by atoms with E-state index >= 15 is 0 Å². The van der Waals surface area contributed by atoms with Gasteiger partial charge in [-0.15, -0.1) is 0 Å². The van der Waals surface area contributed by atoms with Crippen LogP contribution in [0.15, 0.2) is 47.0 Å². The molecule has 0 amide bonds. The van der Waals surface area contributed by atoms with Gasteiger partial charge in [0.2, 0.25) is 5.82 Å². The van der Waals surface area contributed by atoms with E-state index in [2.05, 4.69) is 28.3 Å². The Morgan fingerprint density at radius 2 is 1.90 bits per heavy atom. The molecule has 0 aliphatic rings. The van der Waals surface area contributed by atoms with E-state index in [-0.39, 0.29) is 0 Å². The fourth-order valence-corrected chi connectivity index (χ4v) is 2.18. The topological polar surface area (TPSA) is 48.2 Å². The van der Waals surface area contributed by atoms with Crippen LogP contribution in [0.5, 0.6) is 5.75 Å². The lowest BCUT2D eigenvalue weighted by molar-refractivity contribution is 0.414. The third-order valence-electron chi connectivity index (χ3n) is 3.38. The van der Waals surface area contributed by atoms with Crippen LogP contribution in [-0.4, -0.2) is 17.3 Å². The summed E-state index contributed by atoms with van der Waals surface area (Å²) in [6.45, 7) is 4.08. The molecule has 0 saturated heterocycles. The molecule has 0 bridgehead atoms. The number of ether oxygens (including phenoxy) is 1. The molecule has 106 valence electrons. The largest absolute Gasteiger partial charge is 0.497 e. The van der Waals surface area contributed by atoms with Gasteiger partial charge < -0.3 is 9.26 Å². The molecule has 0 atom stereocenters. The smallest absolute Gasteiger partial charge is 0.258 e.